The summed E-state index contributed by atoms with van der Waals surface area (Å²) in [7, 11) is 0. The molecule has 1 aliphatic rings. The van der Waals surface area contributed by atoms with E-state index in [4.69, 9.17) is 4.74 Å². The Kier molecular flexibility index (Phi) is 8.95. The van der Waals surface area contributed by atoms with Crippen LogP contribution >= 0.6 is 11.8 Å². The normalized spacial score (nSPS) is 13.5. The molecule has 1 saturated heterocycles. The molecule has 8 heteroatoms. The highest BCUT2D eigenvalue weighted by Gasteiger charge is 2.18. The number of benzene rings is 2. The average Bonchev–Trinajstić information content (AvgIpc) is 3.40. The van der Waals surface area contributed by atoms with Gasteiger partial charge in [-0.05, 0) is 50.1 Å². The summed E-state index contributed by atoms with van der Waals surface area (Å²) in [4.78, 5) is 21.9. The highest BCUT2D eigenvalue weighted by atomic mass is 32.2. The van der Waals surface area contributed by atoms with Gasteiger partial charge in [0.15, 0.2) is 0 Å². The molecule has 0 aliphatic carbocycles. The van der Waals surface area contributed by atoms with Crippen molar-refractivity contribution in [2.45, 2.75) is 33.4 Å². The molecule has 186 valence electrons. The van der Waals surface area contributed by atoms with E-state index in [1.807, 2.05) is 64.7 Å². The minimum Gasteiger partial charge on any atom is -0.494 e. The molecule has 0 bridgehead atoms. The monoisotopic (exact) mass is 493 g/mol. The summed E-state index contributed by atoms with van der Waals surface area (Å²) in [6.45, 7) is 8.66. The number of amides is 2. The second-order valence-electron chi connectivity index (χ2n) is 8.65. The van der Waals surface area contributed by atoms with Crippen LogP contribution in [0.1, 0.15) is 24.5 Å². The SMILES string of the molecule is CCOc1ccccc1CN(CCCn1ccnc1)C(=O)Nc1ccc(N2CCSCC2)cc1C. The van der Waals surface area contributed by atoms with Gasteiger partial charge >= 0.3 is 6.03 Å². The summed E-state index contributed by atoms with van der Waals surface area (Å²) in [5.74, 6) is 3.14. The van der Waals surface area contributed by atoms with Gasteiger partial charge in [0, 0.05) is 67.0 Å². The van der Waals surface area contributed by atoms with Crippen LogP contribution in [0, 0.1) is 6.92 Å². The molecule has 0 radical (unpaired) electrons. The number of imidazole rings is 1. The predicted molar refractivity (Wildman–Crippen MR) is 145 cm³/mol. The highest BCUT2D eigenvalue weighted by Crippen LogP contribution is 2.26. The van der Waals surface area contributed by atoms with Crippen molar-refractivity contribution in [3.8, 4) is 5.75 Å². The van der Waals surface area contributed by atoms with Crippen molar-refractivity contribution in [2.24, 2.45) is 0 Å². The van der Waals surface area contributed by atoms with E-state index in [9.17, 15) is 4.79 Å². The number of aromatic nitrogens is 2. The lowest BCUT2D eigenvalue weighted by molar-refractivity contribution is 0.206. The zero-order valence-electron chi connectivity index (χ0n) is 20.7. The van der Waals surface area contributed by atoms with E-state index in [0.717, 1.165) is 60.1 Å². The van der Waals surface area contributed by atoms with Gasteiger partial charge in [-0.2, -0.15) is 11.8 Å². The summed E-state index contributed by atoms with van der Waals surface area (Å²) in [6, 6.07) is 14.2. The van der Waals surface area contributed by atoms with Crippen LogP contribution in [0.4, 0.5) is 16.2 Å². The first-order valence-corrected chi connectivity index (χ1v) is 13.4. The lowest BCUT2D eigenvalue weighted by Gasteiger charge is -2.29. The number of carbonyl (C=O) groups excluding carboxylic acids is 1. The van der Waals surface area contributed by atoms with Gasteiger partial charge in [-0.15, -0.1) is 0 Å². The highest BCUT2D eigenvalue weighted by molar-refractivity contribution is 7.99. The number of rotatable bonds is 10. The fourth-order valence-electron chi connectivity index (χ4n) is 4.25. The molecular weight excluding hydrogens is 458 g/mol. The molecular formula is C27H35N5O2S. The quantitative estimate of drug-likeness (QED) is 0.417. The van der Waals surface area contributed by atoms with Crippen molar-refractivity contribution in [2.75, 3.05) is 48.0 Å². The van der Waals surface area contributed by atoms with Gasteiger partial charge in [-0.3, -0.25) is 0 Å². The fraction of sp³-hybridized carbons (Fsp3) is 0.407. The van der Waals surface area contributed by atoms with E-state index < -0.39 is 0 Å². The molecule has 1 aliphatic heterocycles. The molecule has 4 rings (SSSR count). The number of ether oxygens (including phenoxy) is 1. The summed E-state index contributed by atoms with van der Waals surface area (Å²) >= 11 is 2.00. The van der Waals surface area contributed by atoms with E-state index in [2.05, 4.69) is 34.3 Å². The van der Waals surface area contributed by atoms with Crippen molar-refractivity contribution < 1.29 is 9.53 Å². The van der Waals surface area contributed by atoms with Gasteiger partial charge in [0.25, 0.3) is 0 Å². The van der Waals surface area contributed by atoms with E-state index >= 15 is 0 Å². The molecule has 2 heterocycles. The van der Waals surface area contributed by atoms with Crippen molar-refractivity contribution in [3.05, 3.63) is 72.3 Å². The summed E-state index contributed by atoms with van der Waals surface area (Å²) in [5.41, 5.74) is 4.15. The smallest absolute Gasteiger partial charge is 0.322 e. The number of hydrogen-bond acceptors (Lipinski definition) is 5. The van der Waals surface area contributed by atoms with Crippen LogP contribution in [0.15, 0.2) is 61.2 Å². The third-order valence-electron chi connectivity index (χ3n) is 6.15. The summed E-state index contributed by atoms with van der Waals surface area (Å²) in [5, 5.41) is 3.16. The fourth-order valence-corrected chi connectivity index (χ4v) is 5.16. The Balaban J connectivity index is 1.46. The number of hydrogen-bond donors (Lipinski definition) is 1. The maximum Gasteiger partial charge on any atom is 0.322 e. The topological polar surface area (TPSA) is 62.6 Å². The molecule has 1 aromatic heterocycles. The Morgan fingerprint density at radius 3 is 2.77 bits per heavy atom. The molecule has 35 heavy (non-hydrogen) atoms. The van der Waals surface area contributed by atoms with Crippen LogP contribution in [-0.2, 0) is 13.1 Å². The number of anilines is 2. The minimum absolute atomic E-state index is 0.104. The second kappa shape index (κ2) is 12.5. The number of aryl methyl sites for hydroxylation is 2. The Bertz CT molecular complexity index is 1080. The molecule has 1 N–H and O–H groups in total. The second-order valence-corrected chi connectivity index (χ2v) is 9.87. The van der Waals surface area contributed by atoms with Crippen LogP contribution in [-0.4, -0.2) is 58.2 Å². The van der Waals surface area contributed by atoms with Crippen molar-refractivity contribution in [1.29, 1.82) is 0 Å². The molecule has 1 fully saturated rings. The Morgan fingerprint density at radius 2 is 2.03 bits per heavy atom. The molecule has 7 nitrogen and oxygen atoms in total. The number of thioether (sulfide) groups is 1. The molecule has 3 aromatic rings. The van der Waals surface area contributed by atoms with Gasteiger partial charge in [0.2, 0.25) is 0 Å². The van der Waals surface area contributed by atoms with Crippen LogP contribution in [0.2, 0.25) is 0 Å². The third-order valence-corrected chi connectivity index (χ3v) is 7.09. The molecule has 0 atom stereocenters. The van der Waals surface area contributed by atoms with E-state index in [-0.39, 0.29) is 6.03 Å². The molecule has 0 spiro atoms. The summed E-state index contributed by atoms with van der Waals surface area (Å²) < 4.78 is 7.85. The standard InChI is InChI=1S/C27H35N5O2S/c1-3-34-26-8-5-4-7-23(26)20-32(13-6-12-30-14-11-28-21-30)27(33)29-25-10-9-24(19-22(25)2)31-15-17-35-18-16-31/h4-5,7-11,14,19,21H,3,6,12-13,15-18,20H2,1-2H3,(H,29,33). The van der Waals surface area contributed by atoms with Crippen LogP contribution < -0.4 is 15.0 Å². The molecule has 2 amide bonds. The van der Waals surface area contributed by atoms with E-state index in [1.165, 1.54) is 5.69 Å². The lowest BCUT2D eigenvalue weighted by Crippen LogP contribution is -2.36. The van der Waals surface area contributed by atoms with Crippen molar-refractivity contribution in [1.82, 2.24) is 14.5 Å². The van der Waals surface area contributed by atoms with Gasteiger partial charge < -0.3 is 24.4 Å². The van der Waals surface area contributed by atoms with Gasteiger partial charge in [-0.25, -0.2) is 9.78 Å². The first-order chi connectivity index (χ1) is 17.1. The van der Waals surface area contributed by atoms with Gasteiger partial charge in [0.05, 0.1) is 19.5 Å². The zero-order chi connectivity index (χ0) is 24.5. The van der Waals surface area contributed by atoms with Crippen LogP contribution in [0.3, 0.4) is 0 Å². The number of carbonyl (C=O) groups is 1. The largest absolute Gasteiger partial charge is 0.494 e. The van der Waals surface area contributed by atoms with Crippen LogP contribution in [0.5, 0.6) is 5.75 Å². The number of nitrogens with one attached hydrogen (secondary N) is 1. The number of para-hydroxylation sites is 1. The number of urea groups is 1. The minimum atomic E-state index is -0.104. The Labute approximate surface area is 212 Å². The third kappa shape index (κ3) is 6.94. The Hall–Kier alpha value is -3.13. The zero-order valence-corrected chi connectivity index (χ0v) is 21.5. The first kappa shape index (κ1) is 25.0. The van der Waals surface area contributed by atoms with E-state index in [1.54, 1.807) is 12.5 Å². The lowest BCUT2D eigenvalue weighted by atomic mass is 10.1. The molecule has 2 aromatic carbocycles. The van der Waals surface area contributed by atoms with Crippen LogP contribution in [0.25, 0.3) is 0 Å². The first-order valence-electron chi connectivity index (χ1n) is 12.3. The van der Waals surface area contributed by atoms with E-state index in [0.29, 0.717) is 19.7 Å². The molecule has 0 unspecified atom stereocenters. The van der Waals surface area contributed by atoms with Gasteiger partial charge in [-0.1, -0.05) is 18.2 Å². The van der Waals surface area contributed by atoms with Crippen molar-refractivity contribution in [3.63, 3.8) is 0 Å². The van der Waals surface area contributed by atoms with Gasteiger partial charge in [0.1, 0.15) is 5.75 Å². The average molecular weight is 494 g/mol. The molecule has 0 saturated carbocycles. The predicted octanol–water partition coefficient (Wildman–Crippen LogP) is 5.27. The van der Waals surface area contributed by atoms with Crippen molar-refractivity contribution >= 4 is 29.2 Å². The Morgan fingerprint density at radius 1 is 1.20 bits per heavy atom. The maximum atomic E-state index is 13.5. The number of nitrogens with zero attached hydrogens (tertiary/aromatic N) is 4. The summed E-state index contributed by atoms with van der Waals surface area (Å²) in [6.07, 6.45) is 6.35. The maximum absolute atomic E-state index is 13.5.